The van der Waals surface area contributed by atoms with Crippen molar-refractivity contribution in [1.82, 2.24) is 10.2 Å². The van der Waals surface area contributed by atoms with Crippen LogP contribution in [0.2, 0.25) is 0 Å². The topological polar surface area (TPSA) is 86.3 Å². The minimum Gasteiger partial charge on any atom is -0.493 e. The van der Waals surface area contributed by atoms with Crippen molar-refractivity contribution in [2.75, 3.05) is 40.4 Å². The Hall–Kier alpha value is -3.13. The Morgan fingerprint density at radius 2 is 1.57 bits per heavy atom. The third-order valence-electron chi connectivity index (χ3n) is 7.25. The molecular formula is C31H43ClN2O6. The summed E-state index contributed by atoms with van der Waals surface area (Å²) in [4.78, 5) is 28.8. The zero-order valence-electron chi connectivity index (χ0n) is 24.2. The van der Waals surface area contributed by atoms with Crippen molar-refractivity contribution in [2.24, 2.45) is 0 Å². The Kier molecular flexibility index (Phi) is 12.7. The smallest absolute Gasteiger partial charge is 0.247 e. The van der Waals surface area contributed by atoms with Gasteiger partial charge < -0.3 is 29.2 Å². The fourth-order valence-electron chi connectivity index (χ4n) is 5.12. The molecule has 1 aliphatic rings. The van der Waals surface area contributed by atoms with Crippen molar-refractivity contribution < 1.29 is 28.5 Å². The average Bonchev–Trinajstić information content (AvgIpc) is 3.26. The second-order valence-electron chi connectivity index (χ2n) is 10.0. The van der Waals surface area contributed by atoms with Gasteiger partial charge in [0.1, 0.15) is 11.9 Å². The molecule has 0 aromatic heterocycles. The van der Waals surface area contributed by atoms with Crippen molar-refractivity contribution in [3.8, 4) is 23.0 Å². The molecule has 40 heavy (non-hydrogen) atoms. The first-order chi connectivity index (χ1) is 19.4. The Labute approximate surface area is 243 Å². The van der Waals surface area contributed by atoms with E-state index in [1.807, 2.05) is 31.2 Å². The summed E-state index contributed by atoms with van der Waals surface area (Å²) in [6.07, 6.45) is 7.72. The summed E-state index contributed by atoms with van der Waals surface area (Å²) in [5, 5.41) is 3.25. The number of carbonyl (C=O) groups excluding carboxylic acids is 2. The molecule has 2 aromatic carbocycles. The highest BCUT2D eigenvalue weighted by Crippen LogP contribution is 2.34. The van der Waals surface area contributed by atoms with Gasteiger partial charge in [-0.05, 0) is 61.1 Å². The molecule has 1 atom stereocenters. The highest BCUT2D eigenvalue weighted by Gasteiger charge is 2.33. The van der Waals surface area contributed by atoms with Crippen LogP contribution in [-0.2, 0) is 16.0 Å². The summed E-state index contributed by atoms with van der Waals surface area (Å²) in [6, 6.07) is 10.2. The lowest BCUT2D eigenvalue weighted by Crippen LogP contribution is -2.47. The number of hydrogen-bond donors (Lipinski definition) is 1. The fraction of sp³-hybridized carbons (Fsp3) is 0.548. The van der Waals surface area contributed by atoms with Crippen molar-refractivity contribution in [3.63, 3.8) is 0 Å². The van der Waals surface area contributed by atoms with Crippen LogP contribution < -0.4 is 24.3 Å². The number of ether oxygens (including phenoxy) is 4. The number of carbonyl (C=O) groups is 2. The third-order valence-corrected chi connectivity index (χ3v) is 7.48. The van der Waals surface area contributed by atoms with E-state index in [9.17, 15) is 9.59 Å². The molecule has 1 unspecified atom stereocenters. The Morgan fingerprint density at radius 3 is 2.20 bits per heavy atom. The molecule has 0 bridgehead atoms. The molecule has 0 heterocycles. The molecule has 0 spiro atoms. The Balaban J connectivity index is 1.96. The highest BCUT2D eigenvalue weighted by atomic mass is 35.5. The molecular weight excluding hydrogens is 532 g/mol. The zero-order chi connectivity index (χ0) is 28.9. The van der Waals surface area contributed by atoms with Gasteiger partial charge in [-0.25, -0.2) is 0 Å². The number of methoxy groups -OCH3 is 3. The van der Waals surface area contributed by atoms with E-state index in [2.05, 4.69) is 5.32 Å². The second kappa shape index (κ2) is 16.2. The largest absolute Gasteiger partial charge is 0.493 e. The van der Waals surface area contributed by atoms with E-state index < -0.39 is 6.04 Å². The summed E-state index contributed by atoms with van der Waals surface area (Å²) in [6.45, 7) is 2.85. The van der Waals surface area contributed by atoms with Crippen LogP contribution in [0.3, 0.4) is 0 Å². The van der Waals surface area contributed by atoms with Crippen LogP contribution in [0, 0.1) is 0 Å². The monoisotopic (exact) mass is 574 g/mol. The lowest BCUT2D eigenvalue weighted by Gasteiger charge is -2.32. The SMILES string of the molecule is CCCOc1ccc(C(C(=O)NC2CCCCCC2)N(CCc2ccc(OC)c(OC)c2)C(=O)CCl)cc1OC. The standard InChI is InChI=1S/C31H43ClN2O6/c1-5-18-40-26-15-13-23(20-28(26)39-4)30(31(36)33-24-10-8-6-7-9-11-24)34(29(35)21-32)17-16-22-12-14-25(37-2)27(19-22)38-3/h12-15,19-20,24,30H,5-11,16-18,21H2,1-4H3,(H,33,36). The van der Waals surface area contributed by atoms with Crippen molar-refractivity contribution >= 4 is 23.4 Å². The predicted molar refractivity (Wildman–Crippen MR) is 157 cm³/mol. The minimum atomic E-state index is -0.885. The van der Waals surface area contributed by atoms with Crippen LogP contribution in [0.15, 0.2) is 36.4 Å². The fourth-order valence-corrected chi connectivity index (χ4v) is 5.28. The number of alkyl halides is 1. The maximum Gasteiger partial charge on any atom is 0.247 e. The number of hydrogen-bond acceptors (Lipinski definition) is 6. The van der Waals surface area contributed by atoms with Crippen LogP contribution >= 0.6 is 11.6 Å². The number of nitrogens with zero attached hydrogens (tertiary/aromatic N) is 1. The molecule has 1 fully saturated rings. The van der Waals surface area contributed by atoms with Gasteiger partial charge >= 0.3 is 0 Å². The summed E-state index contributed by atoms with van der Waals surface area (Å²) in [5.74, 6) is 1.54. The zero-order valence-corrected chi connectivity index (χ0v) is 24.9. The van der Waals surface area contributed by atoms with E-state index >= 15 is 0 Å². The minimum absolute atomic E-state index is 0.0744. The van der Waals surface area contributed by atoms with Crippen LogP contribution in [0.1, 0.15) is 69.0 Å². The van der Waals surface area contributed by atoms with Gasteiger partial charge in [-0.15, -0.1) is 11.6 Å². The normalized spacial score (nSPS) is 14.5. The van der Waals surface area contributed by atoms with E-state index in [-0.39, 0.29) is 30.3 Å². The van der Waals surface area contributed by atoms with Crippen LogP contribution in [-0.4, -0.2) is 63.1 Å². The lowest BCUT2D eigenvalue weighted by molar-refractivity contribution is -0.139. The molecule has 220 valence electrons. The average molecular weight is 575 g/mol. The lowest BCUT2D eigenvalue weighted by atomic mass is 10.0. The number of nitrogens with one attached hydrogen (secondary N) is 1. The Morgan fingerprint density at radius 1 is 0.925 bits per heavy atom. The molecule has 1 aliphatic carbocycles. The Bertz CT molecular complexity index is 1100. The number of amides is 2. The van der Waals surface area contributed by atoms with Gasteiger partial charge in [0.15, 0.2) is 23.0 Å². The van der Waals surface area contributed by atoms with Crippen LogP contribution in [0.4, 0.5) is 0 Å². The van der Waals surface area contributed by atoms with Gasteiger partial charge in [0.25, 0.3) is 0 Å². The number of rotatable bonds is 14. The summed E-state index contributed by atoms with van der Waals surface area (Å²) < 4.78 is 22.2. The van der Waals surface area contributed by atoms with Gasteiger partial charge in [0, 0.05) is 12.6 Å². The van der Waals surface area contributed by atoms with Gasteiger partial charge in [-0.3, -0.25) is 9.59 Å². The molecule has 0 saturated heterocycles. The van der Waals surface area contributed by atoms with E-state index in [0.29, 0.717) is 41.6 Å². The van der Waals surface area contributed by atoms with Crippen molar-refractivity contribution in [1.29, 1.82) is 0 Å². The van der Waals surface area contributed by atoms with E-state index in [4.69, 9.17) is 30.5 Å². The first-order valence-corrected chi connectivity index (χ1v) is 14.7. The summed E-state index contributed by atoms with van der Waals surface area (Å²) in [7, 11) is 4.74. The van der Waals surface area contributed by atoms with E-state index in [0.717, 1.165) is 37.7 Å². The van der Waals surface area contributed by atoms with Gasteiger partial charge in [0.2, 0.25) is 11.8 Å². The molecule has 8 nitrogen and oxygen atoms in total. The summed E-state index contributed by atoms with van der Waals surface area (Å²) in [5.41, 5.74) is 1.58. The first kappa shape index (κ1) is 31.4. The van der Waals surface area contributed by atoms with Gasteiger partial charge in [-0.1, -0.05) is 44.7 Å². The molecule has 1 N–H and O–H groups in total. The molecule has 2 amide bonds. The third kappa shape index (κ3) is 8.43. The maximum atomic E-state index is 14.0. The van der Waals surface area contributed by atoms with Crippen LogP contribution in [0.5, 0.6) is 23.0 Å². The molecule has 9 heteroatoms. The predicted octanol–water partition coefficient (Wildman–Crippen LogP) is 5.69. The van der Waals surface area contributed by atoms with E-state index in [1.165, 1.54) is 12.8 Å². The first-order valence-electron chi connectivity index (χ1n) is 14.1. The maximum absolute atomic E-state index is 14.0. The molecule has 1 saturated carbocycles. The second-order valence-corrected chi connectivity index (χ2v) is 10.3. The quantitative estimate of drug-likeness (QED) is 0.230. The van der Waals surface area contributed by atoms with Gasteiger partial charge in [0.05, 0.1) is 27.9 Å². The summed E-state index contributed by atoms with van der Waals surface area (Å²) >= 11 is 6.10. The molecule has 3 rings (SSSR count). The molecule has 2 aromatic rings. The highest BCUT2D eigenvalue weighted by molar-refractivity contribution is 6.27. The van der Waals surface area contributed by atoms with Crippen molar-refractivity contribution in [3.05, 3.63) is 47.5 Å². The van der Waals surface area contributed by atoms with E-state index in [1.54, 1.807) is 38.4 Å². The molecule has 0 aliphatic heterocycles. The number of benzene rings is 2. The molecule has 0 radical (unpaired) electrons. The van der Waals surface area contributed by atoms with Gasteiger partial charge in [-0.2, -0.15) is 0 Å². The van der Waals surface area contributed by atoms with Crippen molar-refractivity contribution in [2.45, 2.75) is 70.4 Å². The number of halogens is 1. The van der Waals surface area contributed by atoms with Crippen LogP contribution in [0.25, 0.3) is 0 Å².